The Labute approximate surface area is 222 Å². The van der Waals surface area contributed by atoms with E-state index in [0.29, 0.717) is 17.1 Å². The molecule has 38 heavy (non-hydrogen) atoms. The summed E-state index contributed by atoms with van der Waals surface area (Å²) in [6.07, 6.45) is -4.64. The number of ether oxygens (including phenoxy) is 1. The molecule has 0 saturated heterocycles. The molecule has 9 nitrogen and oxygen atoms in total. The van der Waals surface area contributed by atoms with E-state index in [-0.39, 0.29) is 34.8 Å². The van der Waals surface area contributed by atoms with Crippen LogP contribution in [0.25, 0.3) is 0 Å². The van der Waals surface area contributed by atoms with Gasteiger partial charge in [-0.3, -0.25) is 4.31 Å². The lowest BCUT2D eigenvalue weighted by atomic mass is 10.1. The average Bonchev–Trinajstić information content (AvgIpc) is 3.53. The maximum absolute atomic E-state index is 13.6. The Kier molecular flexibility index (Phi) is 7.85. The summed E-state index contributed by atoms with van der Waals surface area (Å²) >= 11 is 0.957. The lowest BCUT2D eigenvalue weighted by Crippen LogP contribution is -2.80. The molecule has 1 aromatic heterocycles. The molecule has 0 spiro atoms. The number of aromatic nitrogens is 1. The van der Waals surface area contributed by atoms with Gasteiger partial charge in [-0.05, 0) is 61.2 Å². The highest BCUT2D eigenvalue weighted by molar-refractivity contribution is 7.94. The number of nitrogens with zero attached hydrogens (tertiary/aromatic N) is 5. The number of hydrogen-bond donors (Lipinski definition) is 1. The molecule has 0 unspecified atom stereocenters. The zero-order valence-electron chi connectivity index (χ0n) is 21.0. The lowest BCUT2D eigenvalue weighted by molar-refractivity contribution is -0.546. The summed E-state index contributed by atoms with van der Waals surface area (Å²) in [7, 11) is -4.16. The molecule has 0 atom stereocenters. The fourth-order valence-corrected chi connectivity index (χ4v) is 6.47. The van der Waals surface area contributed by atoms with Gasteiger partial charge in [0, 0.05) is 22.8 Å². The van der Waals surface area contributed by atoms with Crippen molar-refractivity contribution in [3.8, 4) is 5.75 Å². The molecular formula is C24H26F3N6O3S2+. The second kappa shape index (κ2) is 10.8. The minimum Gasteiger partial charge on any atom is -0.487 e. The molecule has 2 heterocycles. The summed E-state index contributed by atoms with van der Waals surface area (Å²) in [5.74, 6) is 0.254. The molecule has 14 heteroatoms. The van der Waals surface area contributed by atoms with Crippen molar-refractivity contribution in [1.82, 2.24) is 4.98 Å². The van der Waals surface area contributed by atoms with Crippen molar-refractivity contribution in [1.29, 1.82) is 0 Å². The van der Waals surface area contributed by atoms with Crippen LogP contribution in [0.4, 0.5) is 18.9 Å². The number of benzene rings is 2. The topological polar surface area (TPSA) is 113 Å². The van der Waals surface area contributed by atoms with Gasteiger partial charge in [0.15, 0.2) is 0 Å². The smallest absolute Gasteiger partial charge is 0.416 e. The molecule has 1 aliphatic rings. The maximum atomic E-state index is 13.6. The Balaban J connectivity index is 1.72. The summed E-state index contributed by atoms with van der Waals surface area (Å²) in [5.41, 5.74) is 3.41. The monoisotopic (exact) mass is 567 g/mol. The Bertz CT molecular complexity index is 1500. The predicted molar refractivity (Wildman–Crippen MR) is 136 cm³/mol. The fraction of sp³-hybridized carbons (Fsp3) is 0.333. The van der Waals surface area contributed by atoms with E-state index in [9.17, 15) is 21.6 Å². The highest BCUT2D eigenvalue weighted by Crippen LogP contribution is 2.39. The molecule has 0 fully saturated rings. The zero-order chi connectivity index (χ0) is 27.7. The summed E-state index contributed by atoms with van der Waals surface area (Å²) in [5, 5.41) is 12.8. The van der Waals surface area contributed by atoms with Crippen molar-refractivity contribution < 1.29 is 31.8 Å². The van der Waals surface area contributed by atoms with Crippen LogP contribution in [0.5, 0.6) is 5.75 Å². The summed E-state index contributed by atoms with van der Waals surface area (Å²) < 4.78 is 74.8. The van der Waals surface area contributed by atoms with Gasteiger partial charge in [-0.2, -0.15) is 21.6 Å². The summed E-state index contributed by atoms with van der Waals surface area (Å²) in [6.45, 7) is 7.07. The molecular weight excluding hydrogens is 541 g/mol. The SMILES string of the molecule is Cc1csc(S(=O)(=O)N(CC(C)C)c2ccc(C(F)(F)F)cc2OCc2ccc(C3=NN=N[NH2+]3)cc2C)n1. The van der Waals surface area contributed by atoms with Crippen LogP contribution < -0.4 is 14.5 Å². The third-order valence-electron chi connectivity index (χ3n) is 5.60. The van der Waals surface area contributed by atoms with E-state index in [0.717, 1.165) is 45.0 Å². The van der Waals surface area contributed by atoms with E-state index in [1.165, 1.54) is 5.43 Å². The molecule has 0 amide bonds. The first-order chi connectivity index (χ1) is 17.9. The van der Waals surface area contributed by atoms with Gasteiger partial charge >= 0.3 is 6.18 Å². The Morgan fingerprint density at radius 3 is 2.47 bits per heavy atom. The summed E-state index contributed by atoms with van der Waals surface area (Å²) in [6, 6.07) is 8.22. The molecule has 2 N–H and O–H groups in total. The normalized spacial score (nSPS) is 13.7. The third kappa shape index (κ3) is 6.03. The van der Waals surface area contributed by atoms with Crippen LogP contribution in [0.3, 0.4) is 0 Å². The fourth-order valence-electron chi connectivity index (χ4n) is 3.70. The van der Waals surface area contributed by atoms with E-state index in [1.807, 2.05) is 26.8 Å². The zero-order valence-corrected chi connectivity index (χ0v) is 22.7. The minimum atomic E-state index is -4.64. The van der Waals surface area contributed by atoms with Gasteiger partial charge in [0.05, 0.1) is 22.0 Å². The van der Waals surface area contributed by atoms with Crippen LogP contribution in [-0.4, -0.2) is 25.8 Å². The van der Waals surface area contributed by atoms with Gasteiger partial charge < -0.3 is 4.74 Å². The van der Waals surface area contributed by atoms with Crippen molar-refractivity contribution in [3.05, 3.63) is 69.7 Å². The average molecular weight is 568 g/mol. The standard InChI is InChI=1S/C24H25F3N6O3S2/c1-14(2)11-33(38(34,35)23-28-16(4)13-37-23)20-8-7-19(24(25,26)27)10-21(20)36-12-18-6-5-17(9-15(18)3)22-29-31-32-30-22/h5-10,13-14H,11-12H2,1-4H3,(H,29,30,31,32)/p+1. The molecule has 2 aromatic carbocycles. The van der Waals surface area contributed by atoms with Crippen molar-refractivity contribution in [2.75, 3.05) is 10.8 Å². The van der Waals surface area contributed by atoms with Crippen molar-refractivity contribution >= 4 is 32.9 Å². The number of sulfonamides is 1. The Morgan fingerprint density at radius 1 is 1.13 bits per heavy atom. The first kappa shape index (κ1) is 27.7. The quantitative estimate of drug-likeness (QED) is 0.374. The van der Waals surface area contributed by atoms with Crippen LogP contribution in [0.1, 0.15) is 41.8 Å². The second-order valence-electron chi connectivity index (χ2n) is 9.11. The number of quaternary nitrogens is 1. The minimum absolute atomic E-state index is 0.00644. The molecule has 0 saturated carbocycles. The van der Waals surface area contributed by atoms with Gasteiger partial charge in [0.1, 0.15) is 12.4 Å². The molecule has 202 valence electrons. The highest BCUT2D eigenvalue weighted by Gasteiger charge is 2.35. The van der Waals surface area contributed by atoms with Gasteiger partial charge in [-0.1, -0.05) is 25.0 Å². The van der Waals surface area contributed by atoms with Crippen LogP contribution in [-0.2, 0) is 22.8 Å². The number of alkyl halides is 3. The predicted octanol–water partition coefficient (Wildman–Crippen LogP) is 4.81. The van der Waals surface area contributed by atoms with Crippen LogP contribution in [0, 0.1) is 19.8 Å². The highest BCUT2D eigenvalue weighted by atomic mass is 32.2. The summed E-state index contributed by atoms with van der Waals surface area (Å²) in [4.78, 5) is 4.11. The first-order valence-electron chi connectivity index (χ1n) is 11.6. The Morgan fingerprint density at radius 2 is 1.89 bits per heavy atom. The van der Waals surface area contributed by atoms with Gasteiger partial charge in [-0.15, -0.1) is 16.8 Å². The van der Waals surface area contributed by atoms with Gasteiger partial charge in [0.2, 0.25) is 4.34 Å². The number of anilines is 1. The molecule has 0 radical (unpaired) electrons. The van der Waals surface area contributed by atoms with Crippen LogP contribution in [0.2, 0.25) is 0 Å². The number of aryl methyl sites for hydroxylation is 2. The van der Waals surface area contributed by atoms with Crippen molar-refractivity contribution in [3.63, 3.8) is 0 Å². The van der Waals surface area contributed by atoms with Crippen molar-refractivity contribution in [2.24, 2.45) is 21.5 Å². The second-order valence-corrected chi connectivity index (χ2v) is 12.0. The first-order valence-corrected chi connectivity index (χ1v) is 13.9. The van der Waals surface area contributed by atoms with E-state index < -0.39 is 21.8 Å². The number of amidine groups is 1. The number of nitrogens with two attached hydrogens (primary N) is 1. The molecule has 4 rings (SSSR count). The van der Waals surface area contributed by atoms with E-state index >= 15 is 0 Å². The molecule has 1 aliphatic heterocycles. The third-order valence-corrected chi connectivity index (χ3v) is 8.73. The van der Waals surface area contributed by atoms with E-state index in [2.05, 4.69) is 20.5 Å². The van der Waals surface area contributed by atoms with Gasteiger partial charge in [0.25, 0.3) is 15.9 Å². The number of hydrogen-bond acceptors (Lipinski definition) is 8. The molecule has 0 aliphatic carbocycles. The molecule has 3 aromatic rings. The number of halogens is 3. The van der Waals surface area contributed by atoms with Gasteiger partial charge in [-0.25, -0.2) is 4.98 Å². The maximum Gasteiger partial charge on any atom is 0.416 e. The number of rotatable bonds is 9. The van der Waals surface area contributed by atoms with E-state index in [1.54, 1.807) is 24.4 Å². The Hall–Kier alpha value is -3.36. The van der Waals surface area contributed by atoms with Crippen LogP contribution >= 0.6 is 11.3 Å². The molecule has 0 bridgehead atoms. The van der Waals surface area contributed by atoms with E-state index in [4.69, 9.17) is 4.74 Å². The largest absolute Gasteiger partial charge is 0.487 e. The lowest BCUT2D eigenvalue weighted by Gasteiger charge is -2.27. The van der Waals surface area contributed by atoms with Crippen LogP contribution in [0.15, 0.2) is 61.7 Å². The van der Waals surface area contributed by atoms with Crippen molar-refractivity contribution in [2.45, 2.75) is 44.8 Å². The number of thiazole rings is 1.